The fourth-order valence-corrected chi connectivity index (χ4v) is 4.04. The molecule has 0 unspecified atom stereocenters. The predicted molar refractivity (Wildman–Crippen MR) is 114 cm³/mol. The van der Waals surface area contributed by atoms with E-state index in [2.05, 4.69) is 55.2 Å². The minimum absolute atomic E-state index is 0.868. The summed E-state index contributed by atoms with van der Waals surface area (Å²) in [5.41, 5.74) is 4.32. The van der Waals surface area contributed by atoms with Crippen molar-refractivity contribution in [3.8, 4) is 16.9 Å². The molecule has 0 radical (unpaired) electrons. The number of aromatic nitrogens is 3. The van der Waals surface area contributed by atoms with E-state index in [9.17, 15) is 0 Å². The maximum absolute atomic E-state index is 5.36. The van der Waals surface area contributed by atoms with Gasteiger partial charge in [-0.25, -0.2) is 4.98 Å². The van der Waals surface area contributed by atoms with E-state index < -0.39 is 0 Å². The topological polar surface area (TPSA) is 42.7 Å². The quantitative estimate of drug-likeness (QED) is 0.508. The number of methoxy groups -OCH3 is 1. The third-order valence-electron chi connectivity index (χ3n) is 4.67. The lowest BCUT2D eigenvalue weighted by molar-refractivity contribution is 0.414. The van der Waals surface area contributed by atoms with Gasteiger partial charge in [-0.1, -0.05) is 19.9 Å². The van der Waals surface area contributed by atoms with Crippen molar-refractivity contribution in [1.29, 1.82) is 0 Å². The van der Waals surface area contributed by atoms with Crippen LogP contribution in [0.3, 0.4) is 0 Å². The first-order valence-corrected chi connectivity index (χ1v) is 10.7. The van der Waals surface area contributed by atoms with Gasteiger partial charge in [0.2, 0.25) is 0 Å². The summed E-state index contributed by atoms with van der Waals surface area (Å²) in [5, 5.41) is 5.69. The number of thioether (sulfide) groups is 1. The van der Waals surface area contributed by atoms with Crippen LogP contribution in [0.15, 0.2) is 35.5 Å². The lowest BCUT2D eigenvalue weighted by atomic mass is 10.0. The lowest BCUT2D eigenvalue weighted by Gasteiger charge is -2.23. The van der Waals surface area contributed by atoms with Crippen LogP contribution >= 0.6 is 11.8 Å². The number of nitrogens with zero attached hydrogens (tertiary/aromatic N) is 4. The Labute approximate surface area is 165 Å². The van der Waals surface area contributed by atoms with E-state index in [0.29, 0.717) is 0 Å². The number of anilines is 1. The van der Waals surface area contributed by atoms with Crippen molar-refractivity contribution in [1.82, 2.24) is 14.6 Å². The Morgan fingerprint density at radius 1 is 1.11 bits per heavy atom. The van der Waals surface area contributed by atoms with Crippen molar-refractivity contribution in [3.63, 3.8) is 0 Å². The molecule has 0 amide bonds. The Morgan fingerprint density at radius 2 is 1.85 bits per heavy atom. The highest BCUT2D eigenvalue weighted by molar-refractivity contribution is 7.98. The SMILES string of the molecule is CCCN(CCC)c1c(SC)nc2c(-c3ccc(OC)cc3C)ccnn12. The van der Waals surface area contributed by atoms with E-state index >= 15 is 0 Å². The number of fused-ring (bicyclic) bond motifs is 1. The Balaban J connectivity index is 2.20. The maximum Gasteiger partial charge on any atom is 0.165 e. The van der Waals surface area contributed by atoms with Gasteiger partial charge >= 0.3 is 0 Å². The maximum atomic E-state index is 5.36. The van der Waals surface area contributed by atoms with E-state index in [0.717, 1.165) is 64.9 Å². The summed E-state index contributed by atoms with van der Waals surface area (Å²) in [5.74, 6) is 1.97. The summed E-state index contributed by atoms with van der Waals surface area (Å²) in [4.78, 5) is 7.37. The van der Waals surface area contributed by atoms with Crippen molar-refractivity contribution in [3.05, 3.63) is 36.0 Å². The Bertz CT molecular complexity index is 916. The third-order valence-corrected chi connectivity index (χ3v) is 5.33. The first-order chi connectivity index (χ1) is 13.1. The third kappa shape index (κ3) is 3.76. The molecule has 0 bridgehead atoms. The molecule has 2 heterocycles. The molecule has 1 aromatic carbocycles. The average molecular weight is 385 g/mol. The van der Waals surface area contributed by atoms with Gasteiger partial charge in [0.05, 0.1) is 7.11 Å². The first-order valence-electron chi connectivity index (χ1n) is 9.46. The number of rotatable bonds is 8. The smallest absolute Gasteiger partial charge is 0.165 e. The molecule has 0 atom stereocenters. The van der Waals surface area contributed by atoms with Gasteiger partial charge in [-0.15, -0.1) is 11.8 Å². The molecule has 5 nitrogen and oxygen atoms in total. The average Bonchev–Trinajstić information content (AvgIpc) is 3.06. The number of imidazole rings is 1. The molecule has 0 aliphatic rings. The molecule has 0 fully saturated rings. The second kappa shape index (κ2) is 8.65. The molecule has 0 saturated heterocycles. The highest BCUT2D eigenvalue weighted by atomic mass is 32.2. The van der Waals surface area contributed by atoms with Crippen LogP contribution < -0.4 is 9.64 Å². The first kappa shape index (κ1) is 19.5. The Kier molecular flexibility index (Phi) is 6.26. The zero-order valence-electron chi connectivity index (χ0n) is 16.8. The van der Waals surface area contributed by atoms with Crippen molar-refractivity contribution in [2.24, 2.45) is 0 Å². The zero-order chi connectivity index (χ0) is 19.4. The normalized spacial score (nSPS) is 11.1. The highest BCUT2D eigenvalue weighted by Gasteiger charge is 2.21. The fraction of sp³-hybridized carbons (Fsp3) is 0.429. The molecule has 6 heteroatoms. The van der Waals surface area contributed by atoms with Gasteiger partial charge in [0, 0.05) is 24.8 Å². The van der Waals surface area contributed by atoms with Gasteiger partial charge in [-0.3, -0.25) is 0 Å². The minimum atomic E-state index is 0.868. The summed E-state index contributed by atoms with van der Waals surface area (Å²) in [6.45, 7) is 8.54. The van der Waals surface area contributed by atoms with Gasteiger partial charge in [0.1, 0.15) is 10.8 Å². The molecule has 3 aromatic rings. The fourth-order valence-electron chi connectivity index (χ4n) is 3.46. The van der Waals surface area contributed by atoms with Crippen molar-refractivity contribution in [2.75, 3.05) is 31.4 Å². The number of hydrogen-bond donors (Lipinski definition) is 0. The van der Waals surface area contributed by atoms with E-state index in [4.69, 9.17) is 9.72 Å². The van der Waals surface area contributed by atoms with Crippen LogP contribution in [0.4, 0.5) is 5.82 Å². The van der Waals surface area contributed by atoms with Gasteiger partial charge in [-0.2, -0.15) is 9.61 Å². The molecule has 144 valence electrons. The van der Waals surface area contributed by atoms with Crippen LogP contribution in [0.1, 0.15) is 32.3 Å². The summed E-state index contributed by atoms with van der Waals surface area (Å²) in [6, 6.07) is 8.21. The lowest BCUT2D eigenvalue weighted by Crippen LogP contribution is -2.27. The highest BCUT2D eigenvalue weighted by Crippen LogP contribution is 2.35. The van der Waals surface area contributed by atoms with Gasteiger partial charge in [0.25, 0.3) is 0 Å². The second-order valence-corrected chi connectivity index (χ2v) is 7.39. The van der Waals surface area contributed by atoms with Crippen LogP contribution in [0.25, 0.3) is 16.8 Å². The monoisotopic (exact) mass is 384 g/mol. The van der Waals surface area contributed by atoms with E-state index in [1.54, 1.807) is 18.9 Å². The predicted octanol–water partition coefficient (Wildman–Crippen LogP) is 5.06. The molecule has 0 aliphatic heterocycles. The second-order valence-electron chi connectivity index (χ2n) is 6.59. The van der Waals surface area contributed by atoms with Crippen molar-refractivity contribution in [2.45, 2.75) is 38.6 Å². The van der Waals surface area contributed by atoms with Gasteiger partial charge < -0.3 is 9.64 Å². The zero-order valence-corrected chi connectivity index (χ0v) is 17.6. The number of benzene rings is 1. The number of aryl methyl sites for hydroxylation is 1. The molecular formula is C21H28N4OS. The van der Waals surface area contributed by atoms with Crippen LogP contribution in [-0.4, -0.2) is 41.1 Å². The van der Waals surface area contributed by atoms with Crippen molar-refractivity contribution >= 4 is 23.2 Å². The van der Waals surface area contributed by atoms with Crippen LogP contribution in [0.5, 0.6) is 5.75 Å². The molecule has 0 aliphatic carbocycles. The van der Waals surface area contributed by atoms with Gasteiger partial charge in [-0.05, 0) is 55.3 Å². The van der Waals surface area contributed by atoms with Gasteiger partial charge in [0.15, 0.2) is 11.5 Å². The molecule has 0 saturated carbocycles. The van der Waals surface area contributed by atoms with Crippen molar-refractivity contribution < 1.29 is 4.74 Å². The van der Waals surface area contributed by atoms with Crippen LogP contribution in [-0.2, 0) is 0 Å². The molecule has 0 N–H and O–H groups in total. The number of ether oxygens (including phenoxy) is 1. The molecular weight excluding hydrogens is 356 g/mol. The summed E-state index contributed by atoms with van der Waals surface area (Å²) >= 11 is 1.68. The summed E-state index contributed by atoms with van der Waals surface area (Å²) < 4.78 is 7.37. The molecule has 3 rings (SSSR count). The Hall–Kier alpha value is -2.21. The number of hydrogen-bond acceptors (Lipinski definition) is 5. The molecule has 27 heavy (non-hydrogen) atoms. The molecule has 0 spiro atoms. The minimum Gasteiger partial charge on any atom is -0.497 e. The standard InChI is InChI=1S/C21H28N4OS/c1-6-12-24(13-7-2)21-20(27-5)23-19-18(10-11-22-25(19)21)17-9-8-16(26-4)14-15(17)3/h8-11,14H,6-7,12-13H2,1-5H3. The largest absolute Gasteiger partial charge is 0.497 e. The van der Waals surface area contributed by atoms with E-state index in [-0.39, 0.29) is 0 Å². The Morgan fingerprint density at radius 3 is 2.44 bits per heavy atom. The van der Waals surface area contributed by atoms with E-state index in [1.807, 2.05) is 16.8 Å². The van der Waals surface area contributed by atoms with Crippen LogP contribution in [0, 0.1) is 6.92 Å². The summed E-state index contributed by atoms with van der Waals surface area (Å²) in [7, 11) is 1.70. The van der Waals surface area contributed by atoms with E-state index in [1.165, 1.54) is 0 Å². The summed E-state index contributed by atoms with van der Waals surface area (Å²) in [6.07, 6.45) is 6.15. The van der Waals surface area contributed by atoms with Crippen LogP contribution in [0.2, 0.25) is 0 Å². The molecule has 2 aromatic heterocycles.